The first-order chi connectivity index (χ1) is 13.0. The maximum atomic E-state index is 12.6. The van der Waals surface area contributed by atoms with Gasteiger partial charge in [-0.15, -0.1) is 10.2 Å². The summed E-state index contributed by atoms with van der Waals surface area (Å²) in [4.78, 5) is 14.3. The van der Waals surface area contributed by atoms with E-state index in [0.29, 0.717) is 5.13 Å². The van der Waals surface area contributed by atoms with Gasteiger partial charge in [0.15, 0.2) is 4.34 Å². The van der Waals surface area contributed by atoms with E-state index >= 15 is 0 Å². The van der Waals surface area contributed by atoms with Gasteiger partial charge in [0.25, 0.3) is 0 Å². The van der Waals surface area contributed by atoms with Gasteiger partial charge < -0.3 is 10.2 Å². The van der Waals surface area contributed by atoms with Crippen LogP contribution in [0.1, 0.15) is 37.7 Å². The van der Waals surface area contributed by atoms with Gasteiger partial charge in [0.1, 0.15) is 5.54 Å². The normalized spacial score (nSPS) is 15.7. The van der Waals surface area contributed by atoms with Crippen molar-refractivity contribution in [1.29, 1.82) is 5.26 Å². The number of nitrogens with zero attached hydrogens (tertiary/aromatic N) is 4. The minimum Gasteiger partial charge on any atom is -0.330 e. The molecule has 0 saturated heterocycles. The molecule has 1 amide bonds. The highest BCUT2D eigenvalue weighted by atomic mass is 32.2. The molecule has 1 saturated carbocycles. The molecule has 1 aliphatic carbocycles. The monoisotopic (exact) mass is 401 g/mol. The third-order valence-electron chi connectivity index (χ3n) is 5.02. The summed E-state index contributed by atoms with van der Waals surface area (Å²) in [5.74, 6) is 0.228. The van der Waals surface area contributed by atoms with E-state index < -0.39 is 5.54 Å². The van der Waals surface area contributed by atoms with E-state index in [4.69, 9.17) is 0 Å². The SMILES string of the molecule is Cc1ccccc1Nc1nnc(SCC(=O)N(C)C2(C#N)CCCCC2)s1. The van der Waals surface area contributed by atoms with E-state index in [0.717, 1.165) is 47.7 Å². The second-order valence-corrected chi connectivity index (χ2v) is 8.96. The third kappa shape index (κ3) is 4.60. The molecule has 0 spiro atoms. The summed E-state index contributed by atoms with van der Waals surface area (Å²) in [6.07, 6.45) is 4.67. The van der Waals surface area contributed by atoms with Crippen molar-refractivity contribution in [2.24, 2.45) is 0 Å². The number of amides is 1. The summed E-state index contributed by atoms with van der Waals surface area (Å²) in [6, 6.07) is 10.4. The summed E-state index contributed by atoms with van der Waals surface area (Å²) in [7, 11) is 1.75. The number of hydrogen-bond donors (Lipinski definition) is 1. The maximum Gasteiger partial charge on any atom is 0.234 e. The predicted molar refractivity (Wildman–Crippen MR) is 109 cm³/mol. The predicted octanol–water partition coefficient (Wildman–Crippen LogP) is 4.37. The Balaban J connectivity index is 1.57. The van der Waals surface area contributed by atoms with Crippen LogP contribution in [0.5, 0.6) is 0 Å². The van der Waals surface area contributed by atoms with Gasteiger partial charge in [-0.3, -0.25) is 4.79 Å². The zero-order valence-corrected chi connectivity index (χ0v) is 17.2. The van der Waals surface area contributed by atoms with E-state index in [1.807, 2.05) is 31.2 Å². The quantitative estimate of drug-likeness (QED) is 0.724. The maximum absolute atomic E-state index is 12.6. The molecular formula is C19H23N5OS2. The van der Waals surface area contributed by atoms with Gasteiger partial charge in [0.05, 0.1) is 11.8 Å². The Labute approximate surface area is 168 Å². The van der Waals surface area contributed by atoms with Crippen molar-refractivity contribution in [1.82, 2.24) is 15.1 Å². The van der Waals surface area contributed by atoms with Crippen LogP contribution < -0.4 is 5.32 Å². The van der Waals surface area contributed by atoms with Crippen LogP contribution >= 0.6 is 23.1 Å². The van der Waals surface area contributed by atoms with Crippen LogP contribution in [-0.4, -0.2) is 39.3 Å². The summed E-state index contributed by atoms with van der Waals surface area (Å²) in [6.45, 7) is 2.03. The summed E-state index contributed by atoms with van der Waals surface area (Å²) in [5, 5.41) is 21.9. The second-order valence-electron chi connectivity index (χ2n) is 6.76. The first-order valence-corrected chi connectivity index (χ1v) is 10.8. The number of nitrogens with one attached hydrogen (secondary N) is 1. The van der Waals surface area contributed by atoms with E-state index in [2.05, 4.69) is 21.6 Å². The first kappa shape index (κ1) is 19.6. The lowest BCUT2D eigenvalue weighted by molar-refractivity contribution is -0.131. The Morgan fingerprint density at radius 2 is 2.07 bits per heavy atom. The molecular weight excluding hydrogens is 378 g/mol. The molecule has 0 atom stereocenters. The van der Waals surface area contributed by atoms with E-state index in [1.54, 1.807) is 11.9 Å². The number of para-hydroxylation sites is 1. The number of aryl methyl sites for hydroxylation is 1. The molecule has 0 radical (unpaired) electrons. The molecule has 8 heteroatoms. The van der Waals surface area contributed by atoms with Crippen LogP contribution in [0.3, 0.4) is 0 Å². The van der Waals surface area contributed by atoms with Crippen LogP contribution in [0, 0.1) is 18.3 Å². The number of rotatable bonds is 6. The van der Waals surface area contributed by atoms with Gasteiger partial charge >= 0.3 is 0 Å². The van der Waals surface area contributed by atoms with E-state index in [-0.39, 0.29) is 11.7 Å². The minimum absolute atomic E-state index is 0.0351. The number of aromatic nitrogens is 2. The van der Waals surface area contributed by atoms with Gasteiger partial charge in [-0.1, -0.05) is 60.6 Å². The largest absolute Gasteiger partial charge is 0.330 e. The molecule has 27 heavy (non-hydrogen) atoms. The molecule has 1 aromatic heterocycles. The van der Waals surface area contributed by atoms with Crippen molar-refractivity contribution < 1.29 is 4.79 Å². The lowest BCUT2D eigenvalue weighted by Crippen LogP contribution is -2.50. The van der Waals surface area contributed by atoms with Gasteiger partial charge in [-0.25, -0.2) is 0 Å². The number of thioether (sulfide) groups is 1. The van der Waals surface area contributed by atoms with Crippen LogP contribution in [0.15, 0.2) is 28.6 Å². The fourth-order valence-corrected chi connectivity index (χ4v) is 4.94. The van der Waals surface area contributed by atoms with Crippen LogP contribution in [-0.2, 0) is 4.79 Å². The van der Waals surface area contributed by atoms with Crippen molar-refractivity contribution >= 4 is 39.8 Å². The first-order valence-electron chi connectivity index (χ1n) is 9.01. The van der Waals surface area contributed by atoms with Crippen molar-refractivity contribution in [3.8, 4) is 6.07 Å². The highest BCUT2D eigenvalue weighted by Crippen LogP contribution is 2.34. The topological polar surface area (TPSA) is 81.9 Å². The molecule has 0 aliphatic heterocycles. The van der Waals surface area contributed by atoms with Crippen molar-refractivity contribution in [3.05, 3.63) is 29.8 Å². The third-order valence-corrected chi connectivity index (χ3v) is 6.97. The number of anilines is 2. The molecule has 0 unspecified atom stereocenters. The molecule has 142 valence electrons. The van der Waals surface area contributed by atoms with Gasteiger partial charge in [0.2, 0.25) is 11.0 Å². The van der Waals surface area contributed by atoms with E-state index in [1.165, 1.54) is 23.1 Å². The van der Waals surface area contributed by atoms with Crippen molar-refractivity contribution in [3.63, 3.8) is 0 Å². The molecule has 2 aromatic rings. The average Bonchev–Trinajstić information content (AvgIpc) is 3.15. The van der Waals surface area contributed by atoms with Crippen molar-refractivity contribution in [2.45, 2.75) is 48.9 Å². The van der Waals surface area contributed by atoms with Crippen LogP contribution in [0.25, 0.3) is 0 Å². The molecule has 1 aromatic carbocycles. The van der Waals surface area contributed by atoms with Crippen molar-refractivity contribution in [2.75, 3.05) is 18.1 Å². The standard InChI is InChI=1S/C19H23N5OS2/c1-14-8-4-5-9-15(14)21-17-22-23-18(27-17)26-12-16(25)24(2)19(13-20)10-6-3-7-11-19/h4-5,8-9H,3,6-7,10-12H2,1-2H3,(H,21,22). The summed E-state index contributed by atoms with van der Waals surface area (Å²) < 4.78 is 0.738. The molecule has 3 rings (SSSR count). The molecule has 1 aliphatic rings. The van der Waals surface area contributed by atoms with E-state index in [9.17, 15) is 10.1 Å². The smallest absolute Gasteiger partial charge is 0.234 e. The Morgan fingerprint density at radius 3 is 2.78 bits per heavy atom. The Kier molecular flexibility index (Phi) is 6.34. The Bertz CT molecular complexity index is 839. The lowest BCUT2D eigenvalue weighted by atomic mass is 9.81. The number of benzene rings is 1. The average molecular weight is 402 g/mol. The minimum atomic E-state index is -0.644. The Morgan fingerprint density at radius 1 is 1.33 bits per heavy atom. The zero-order chi connectivity index (χ0) is 19.3. The van der Waals surface area contributed by atoms with Gasteiger partial charge in [-0.2, -0.15) is 5.26 Å². The van der Waals surface area contributed by atoms with Crippen LogP contribution in [0.2, 0.25) is 0 Å². The molecule has 0 bridgehead atoms. The fourth-order valence-electron chi connectivity index (χ4n) is 3.26. The van der Waals surface area contributed by atoms with Gasteiger partial charge in [0, 0.05) is 12.7 Å². The molecule has 1 N–H and O–H groups in total. The number of carbonyl (C=O) groups is 1. The fraction of sp³-hybridized carbons (Fsp3) is 0.474. The van der Waals surface area contributed by atoms with Crippen LogP contribution in [0.4, 0.5) is 10.8 Å². The molecule has 6 nitrogen and oxygen atoms in total. The number of nitriles is 1. The number of hydrogen-bond acceptors (Lipinski definition) is 7. The Hall–Kier alpha value is -2.11. The second kappa shape index (κ2) is 8.72. The highest BCUT2D eigenvalue weighted by Gasteiger charge is 2.38. The summed E-state index contributed by atoms with van der Waals surface area (Å²) >= 11 is 2.79. The lowest BCUT2D eigenvalue weighted by Gasteiger charge is -2.38. The zero-order valence-electron chi connectivity index (χ0n) is 15.6. The molecule has 1 heterocycles. The highest BCUT2D eigenvalue weighted by molar-refractivity contribution is 8.01. The van der Waals surface area contributed by atoms with Gasteiger partial charge in [-0.05, 0) is 31.4 Å². The summed E-state index contributed by atoms with van der Waals surface area (Å²) in [5.41, 5.74) is 1.48. The molecule has 1 fully saturated rings. The number of carbonyl (C=O) groups excluding carboxylic acids is 1.